The van der Waals surface area contributed by atoms with Crippen LogP contribution in [0.4, 0.5) is 0 Å². The van der Waals surface area contributed by atoms with Gasteiger partial charge in [-0.2, -0.15) is 0 Å². The molecule has 1 heterocycles. The largest absolute Gasteiger partial charge is 0.497 e. The van der Waals surface area contributed by atoms with Crippen molar-refractivity contribution in [3.05, 3.63) is 113 Å². The molecule has 3 aromatic rings. The van der Waals surface area contributed by atoms with E-state index in [2.05, 4.69) is 42.1 Å². The lowest BCUT2D eigenvalue weighted by Gasteiger charge is -2.55. The molecule has 1 aliphatic heterocycles. The summed E-state index contributed by atoms with van der Waals surface area (Å²) in [6.45, 7) is 0.975. The van der Waals surface area contributed by atoms with Gasteiger partial charge in [0.15, 0.2) is 0 Å². The van der Waals surface area contributed by atoms with Gasteiger partial charge in [-0.3, -0.25) is 0 Å². The molecular weight excluding hydrogens is 384 g/mol. The molecule has 1 saturated carbocycles. The van der Waals surface area contributed by atoms with Crippen molar-refractivity contribution in [1.82, 2.24) is 0 Å². The molecule has 0 radical (unpaired) electrons. The van der Waals surface area contributed by atoms with E-state index in [0.29, 0.717) is 13.2 Å². The van der Waals surface area contributed by atoms with Crippen LogP contribution in [0.2, 0.25) is 0 Å². The average Bonchev–Trinajstić information content (AvgIpc) is 2.83. The van der Waals surface area contributed by atoms with E-state index in [4.69, 9.17) is 9.47 Å². The molecule has 2 aliphatic rings. The van der Waals surface area contributed by atoms with Gasteiger partial charge in [-0.25, -0.2) is 0 Å². The molecule has 31 heavy (non-hydrogen) atoms. The molecule has 3 atom stereocenters. The van der Waals surface area contributed by atoms with Gasteiger partial charge in [-0.05, 0) is 35.2 Å². The van der Waals surface area contributed by atoms with Crippen molar-refractivity contribution in [2.75, 3.05) is 20.3 Å². The molecule has 3 heteroatoms. The quantitative estimate of drug-likeness (QED) is 0.600. The summed E-state index contributed by atoms with van der Waals surface area (Å²) in [6, 6.07) is 28.5. The maximum atomic E-state index is 11.9. The fourth-order valence-electron chi connectivity index (χ4n) is 4.87. The van der Waals surface area contributed by atoms with E-state index in [-0.39, 0.29) is 11.8 Å². The van der Waals surface area contributed by atoms with Gasteiger partial charge in [0.1, 0.15) is 11.4 Å². The van der Waals surface area contributed by atoms with Crippen LogP contribution in [0.15, 0.2) is 96.2 Å². The van der Waals surface area contributed by atoms with Crippen molar-refractivity contribution >= 4 is 5.57 Å². The Labute approximate surface area is 183 Å². The minimum Gasteiger partial charge on any atom is -0.497 e. The lowest BCUT2D eigenvalue weighted by Crippen LogP contribution is -2.60. The van der Waals surface area contributed by atoms with E-state index in [1.807, 2.05) is 48.5 Å². The first-order valence-corrected chi connectivity index (χ1v) is 10.8. The van der Waals surface area contributed by atoms with E-state index < -0.39 is 5.60 Å². The highest BCUT2D eigenvalue weighted by molar-refractivity contribution is 5.79. The molecule has 5 rings (SSSR count). The van der Waals surface area contributed by atoms with Crippen LogP contribution in [0.3, 0.4) is 0 Å². The molecule has 2 fully saturated rings. The Bertz CT molecular complexity index is 1070. The minimum atomic E-state index is -0.943. The molecule has 0 bridgehead atoms. The van der Waals surface area contributed by atoms with Gasteiger partial charge in [0.25, 0.3) is 0 Å². The van der Waals surface area contributed by atoms with Gasteiger partial charge in [0, 0.05) is 23.0 Å². The van der Waals surface area contributed by atoms with Crippen molar-refractivity contribution in [3.63, 3.8) is 0 Å². The standard InChI is InChI=1S/C28H26O3/c1-30-25-14-12-22(13-15-25)27-17-24-19-31-18-23(28(24,27)29)16-26(20-8-4-2-5-9-20)21-10-6-3-7-11-21/h2-15,24,27,29H,17-19H2,1H3/t24-,27+,28-/m0/s1. The molecule has 156 valence electrons. The summed E-state index contributed by atoms with van der Waals surface area (Å²) >= 11 is 0. The summed E-state index contributed by atoms with van der Waals surface area (Å²) in [5.74, 6) is 0.941. The number of hydrogen-bond acceptors (Lipinski definition) is 3. The van der Waals surface area contributed by atoms with Crippen LogP contribution >= 0.6 is 0 Å². The van der Waals surface area contributed by atoms with Gasteiger partial charge in [0.05, 0.1) is 20.3 Å². The molecule has 0 spiro atoms. The van der Waals surface area contributed by atoms with Crippen molar-refractivity contribution in [2.45, 2.75) is 17.9 Å². The molecule has 3 nitrogen and oxygen atoms in total. The van der Waals surface area contributed by atoms with Crippen molar-refractivity contribution in [3.8, 4) is 5.75 Å². The number of fused-ring (bicyclic) bond motifs is 1. The van der Waals surface area contributed by atoms with E-state index >= 15 is 0 Å². The first-order valence-electron chi connectivity index (χ1n) is 10.8. The fraction of sp³-hybridized carbons (Fsp3) is 0.250. The predicted octanol–water partition coefficient (Wildman–Crippen LogP) is 5.22. The van der Waals surface area contributed by atoms with Gasteiger partial charge in [0.2, 0.25) is 0 Å². The molecule has 1 saturated heterocycles. The van der Waals surface area contributed by atoms with Gasteiger partial charge in [-0.15, -0.1) is 5.73 Å². The number of aliphatic hydroxyl groups is 1. The highest BCUT2D eigenvalue weighted by Gasteiger charge is 2.58. The van der Waals surface area contributed by atoms with Gasteiger partial charge < -0.3 is 14.6 Å². The lowest BCUT2D eigenvalue weighted by atomic mass is 9.55. The maximum Gasteiger partial charge on any atom is 0.118 e. The van der Waals surface area contributed by atoms with Crippen molar-refractivity contribution < 1.29 is 14.6 Å². The first kappa shape index (κ1) is 19.8. The monoisotopic (exact) mass is 410 g/mol. The molecule has 0 unspecified atom stereocenters. The zero-order chi connectivity index (χ0) is 21.3. The van der Waals surface area contributed by atoms with Crippen molar-refractivity contribution in [1.29, 1.82) is 0 Å². The molecule has 1 N–H and O–H groups in total. The molecule has 3 aromatic carbocycles. The Balaban J connectivity index is 1.64. The number of rotatable bonds is 4. The molecule has 0 aromatic heterocycles. The highest BCUT2D eigenvalue weighted by Crippen LogP contribution is 2.56. The van der Waals surface area contributed by atoms with Gasteiger partial charge >= 0.3 is 0 Å². The van der Waals surface area contributed by atoms with E-state index in [0.717, 1.165) is 40.0 Å². The normalized spacial score (nSPS) is 24.5. The van der Waals surface area contributed by atoms with Crippen molar-refractivity contribution in [2.24, 2.45) is 5.92 Å². The number of hydrogen-bond donors (Lipinski definition) is 1. The summed E-state index contributed by atoms with van der Waals surface area (Å²) < 4.78 is 11.2. The number of ether oxygens (including phenoxy) is 2. The third kappa shape index (κ3) is 3.51. The second-order valence-electron chi connectivity index (χ2n) is 8.31. The summed E-state index contributed by atoms with van der Waals surface area (Å²) in [6.07, 6.45) is 0.903. The predicted molar refractivity (Wildman–Crippen MR) is 122 cm³/mol. The van der Waals surface area contributed by atoms with Gasteiger partial charge in [-0.1, -0.05) is 72.8 Å². The second-order valence-corrected chi connectivity index (χ2v) is 8.31. The summed E-state index contributed by atoms with van der Waals surface area (Å²) in [5.41, 5.74) is 7.77. The van der Waals surface area contributed by atoms with Crippen LogP contribution in [-0.4, -0.2) is 31.0 Å². The molecular formula is C28H26O3. The van der Waals surface area contributed by atoms with Crippen LogP contribution in [0, 0.1) is 5.92 Å². The zero-order valence-corrected chi connectivity index (χ0v) is 17.6. The average molecular weight is 411 g/mol. The van der Waals surface area contributed by atoms with Crippen LogP contribution < -0.4 is 4.74 Å². The number of benzene rings is 3. The first-order chi connectivity index (χ1) is 15.2. The summed E-state index contributed by atoms with van der Waals surface area (Å²) in [7, 11) is 1.67. The smallest absolute Gasteiger partial charge is 0.118 e. The number of methoxy groups -OCH3 is 1. The highest BCUT2D eigenvalue weighted by atomic mass is 16.5. The second kappa shape index (κ2) is 8.20. The molecule has 1 aliphatic carbocycles. The Morgan fingerprint density at radius 2 is 1.55 bits per heavy atom. The SMILES string of the molecule is COc1ccc([C@H]2C[C@H]3COCC(=C=C(c4ccccc4)c4ccccc4)[C@]32O)cc1. The zero-order valence-electron chi connectivity index (χ0n) is 17.6. The lowest BCUT2D eigenvalue weighted by molar-refractivity contribution is -0.146. The third-order valence-corrected chi connectivity index (χ3v) is 6.64. The van der Waals surface area contributed by atoms with E-state index in [1.54, 1.807) is 7.11 Å². The van der Waals surface area contributed by atoms with E-state index in [1.165, 1.54) is 0 Å². The minimum absolute atomic E-state index is 0.0302. The maximum absolute atomic E-state index is 11.9. The van der Waals surface area contributed by atoms with Crippen LogP contribution in [0.1, 0.15) is 29.0 Å². The van der Waals surface area contributed by atoms with Crippen LogP contribution in [0.25, 0.3) is 5.57 Å². The van der Waals surface area contributed by atoms with E-state index in [9.17, 15) is 5.11 Å². The Morgan fingerprint density at radius 1 is 0.935 bits per heavy atom. The Kier molecular flexibility index (Phi) is 5.25. The topological polar surface area (TPSA) is 38.7 Å². The summed E-state index contributed by atoms with van der Waals surface area (Å²) in [4.78, 5) is 0. The Hall–Kier alpha value is -3.10. The van der Waals surface area contributed by atoms with Crippen LogP contribution in [0.5, 0.6) is 5.75 Å². The van der Waals surface area contributed by atoms with Crippen LogP contribution in [-0.2, 0) is 4.74 Å². The summed E-state index contributed by atoms with van der Waals surface area (Å²) in [5, 5.41) is 11.9. The fourth-order valence-corrected chi connectivity index (χ4v) is 4.87. The molecule has 0 amide bonds. The third-order valence-electron chi connectivity index (χ3n) is 6.64. The Morgan fingerprint density at radius 3 is 2.13 bits per heavy atom.